The van der Waals surface area contributed by atoms with E-state index < -0.39 is 11.9 Å². The standard InChI is InChI=1S/C14H18N2O4/c17-12-7-2-1-4-9(12)8-15-13(18)10-5-3-6-11(16-10)14(19)20/h3,5-6,9,12,17H,1-2,4,7-8H2,(H,15,18)(H,19,20). The van der Waals surface area contributed by atoms with E-state index in [1.165, 1.54) is 18.2 Å². The van der Waals surface area contributed by atoms with Crippen LogP contribution in [0, 0.1) is 5.92 Å². The van der Waals surface area contributed by atoms with E-state index in [1.807, 2.05) is 0 Å². The van der Waals surface area contributed by atoms with Crippen molar-refractivity contribution >= 4 is 11.9 Å². The van der Waals surface area contributed by atoms with Crippen LogP contribution in [0.15, 0.2) is 18.2 Å². The zero-order valence-corrected chi connectivity index (χ0v) is 11.1. The summed E-state index contributed by atoms with van der Waals surface area (Å²) in [5.41, 5.74) is -0.0782. The van der Waals surface area contributed by atoms with Crippen molar-refractivity contribution in [3.8, 4) is 0 Å². The lowest BCUT2D eigenvalue weighted by atomic mass is 9.86. The first kappa shape index (κ1) is 14.5. The van der Waals surface area contributed by atoms with Crippen LogP contribution in [-0.2, 0) is 0 Å². The Labute approximate surface area is 116 Å². The lowest BCUT2D eigenvalue weighted by Crippen LogP contribution is -2.37. The van der Waals surface area contributed by atoms with Crippen molar-refractivity contribution in [3.63, 3.8) is 0 Å². The lowest BCUT2D eigenvalue weighted by molar-refractivity contribution is 0.0661. The predicted octanol–water partition coefficient (Wildman–Crippen LogP) is 1.06. The summed E-state index contributed by atoms with van der Waals surface area (Å²) in [6, 6.07) is 4.30. The maximum Gasteiger partial charge on any atom is 0.354 e. The van der Waals surface area contributed by atoms with Crippen molar-refractivity contribution in [3.05, 3.63) is 29.6 Å². The number of nitrogens with zero attached hydrogens (tertiary/aromatic N) is 1. The van der Waals surface area contributed by atoms with E-state index in [0.29, 0.717) is 6.54 Å². The normalized spacial score (nSPS) is 22.2. The van der Waals surface area contributed by atoms with Crippen LogP contribution in [0.2, 0.25) is 0 Å². The Morgan fingerprint density at radius 3 is 2.65 bits per heavy atom. The van der Waals surface area contributed by atoms with Gasteiger partial charge in [-0.25, -0.2) is 9.78 Å². The zero-order chi connectivity index (χ0) is 14.5. The van der Waals surface area contributed by atoms with Crippen LogP contribution in [0.4, 0.5) is 0 Å². The fourth-order valence-corrected chi connectivity index (χ4v) is 2.42. The number of aliphatic hydroxyl groups excluding tert-OH is 1. The van der Waals surface area contributed by atoms with Gasteiger partial charge in [0.1, 0.15) is 11.4 Å². The highest BCUT2D eigenvalue weighted by atomic mass is 16.4. The van der Waals surface area contributed by atoms with E-state index in [0.717, 1.165) is 25.7 Å². The number of aromatic carboxylic acids is 1. The number of hydrogen-bond donors (Lipinski definition) is 3. The van der Waals surface area contributed by atoms with Gasteiger partial charge in [-0.2, -0.15) is 0 Å². The summed E-state index contributed by atoms with van der Waals surface area (Å²) in [5.74, 6) is -1.51. The van der Waals surface area contributed by atoms with E-state index in [2.05, 4.69) is 10.3 Å². The Morgan fingerprint density at radius 1 is 1.25 bits per heavy atom. The Morgan fingerprint density at radius 2 is 1.95 bits per heavy atom. The van der Waals surface area contributed by atoms with E-state index in [4.69, 9.17) is 5.11 Å². The molecule has 0 saturated heterocycles. The first-order valence-electron chi connectivity index (χ1n) is 6.74. The lowest BCUT2D eigenvalue weighted by Gasteiger charge is -2.27. The fourth-order valence-electron chi connectivity index (χ4n) is 2.42. The molecule has 6 nitrogen and oxygen atoms in total. The molecule has 3 N–H and O–H groups in total. The molecule has 2 rings (SSSR count). The number of nitrogens with one attached hydrogen (secondary N) is 1. The van der Waals surface area contributed by atoms with Crippen molar-refractivity contribution < 1.29 is 19.8 Å². The fraction of sp³-hybridized carbons (Fsp3) is 0.500. The second kappa shape index (κ2) is 6.47. The molecule has 1 aromatic heterocycles. The van der Waals surface area contributed by atoms with Crippen LogP contribution in [0.1, 0.15) is 46.7 Å². The smallest absolute Gasteiger partial charge is 0.354 e. The van der Waals surface area contributed by atoms with Gasteiger partial charge in [0.15, 0.2) is 0 Å². The van der Waals surface area contributed by atoms with Crippen LogP contribution in [0.5, 0.6) is 0 Å². The Balaban J connectivity index is 1.94. The maximum absolute atomic E-state index is 11.9. The number of rotatable bonds is 4. The molecule has 0 aromatic carbocycles. The summed E-state index contributed by atoms with van der Waals surface area (Å²) in [4.78, 5) is 26.5. The summed E-state index contributed by atoms with van der Waals surface area (Å²) in [7, 11) is 0. The molecule has 6 heteroatoms. The molecule has 0 aliphatic heterocycles. The number of aromatic nitrogens is 1. The molecule has 0 radical (unpaired) electrons. The van der Waals surface area contributed by atoms with Crippen LogP contribution < -0.4 is 5.32 Å². The third-order valence-corrected chi connectivity index (χ3v) is 3.59. The maximum atomic E-state index is 11.9. The Kier molecular flexibility index (Phi) is 4.68. The van der Waals surface area contributed by atoms with Crippen molar-refractivity contribution in [1.82, 2.24) is 10.3 Å². The van der Waals surface area contributed by atoms with Gasteiger partial charge in [0, 0.05) is 12.5 Å². The SMILES string of the molecule is O=C(O)c1cccc(C(=O)NCC2CCCCC2O)n1. The molecule has 1 saturated carbocycles. The number of carboxylic acid groups (broad SMARTS) is 1. The highest BCUT2D eigenvalue weighted by molar-refractivity contribution is 5.94. The molecule has 1 fully saturated rings. The number of amides is 1. The third-order valence-electron chi connectivity index (χ3n) is 3.59. The van der Waals surface area contributed by atoms with Crippen molar-refractivity contribution in [2.75, 3.05) is 6.54 Å². The van der Waals surface area contributed by atoms with Crippen LogP contribution >= 0.6 is 0 Å². The molecule has 1 aliphatic carbocycles. The van der Waals surface area contributed by atoms with Crippen molar-refractivity contribution in [2.45, 2.75) is 31.8 Å². The minimum absolute atomic E-state index is 0.0651. The average Bonchev–Trinajstić information content (AvgIpc) is 2.46. The number of carbonyl (C=O) groups is 2. The summed E-state index contributed by atoms with van der Waals surface area (Å²) in [6.07, 6.45) is 3.37. The molecule has 2 unspecified atom stereocenters. The van der Waals surface area contributed by atoms with Gasteiger partial charge in [-0.1, -0.05) is 18.9 Å². The van der Waals surface area contributed by atoms with Gasteiger partial charge in [-0.15, -0.1) is 0 Å². The molecule has 1 heterocycles. The minimum Gasteiger partial charge on any atom is -0.477 e. The van der Waals surface area contributed by atoms with Crippen molar-refractivity contribution in [2.24, 2.45) is 5.92 Å². The molecule has 1 aliphatic rings. The quantitative estimate of drug-likeness (QED) is 0.764. The Bertz CT molecular complexity index is 504. The van der Waals surface area contributed by atoms with Crippen molar-refractivity contribution in [1.29, 1.82) is 0 Å². The van der Waals surface area contributed by atoms with Gasteiger partial charge in [-0.3, -0.25) is 4.79 Å². The summed E-state index contributed by atoms with van der Waals surface area (Å²) >= 11 is 0. The van der Waals surface area contributed by atoms with E-state index in [9.17, 15) is 14.7 Å². The second-order valence-corrected chi connectivity index (χ2v) is 5.04. The van der Waals surface area contributed by atoms with Crippen LogP contribution in [0.3, 0.4) is 0 Å². The van der Waals surface area contributed by atoms with Crippen LogP contribution in [0.25, 0.3) is 0 Å². The van der Waals surface area contributed by atoms with Gasteiger partial charge in [0.2, 0.25) is 0 Å². The third kappa shape index (κ3) is 3.54. The summed E-state index contributed by atoms with van der Waals surface area (Å²) in [6.45, 7) is 0.388. The van der Waals surface area contributed by atoms with Gasteiger partial charge in [-0.05, 0) is 25.0 Å². The second-order valence-electron chi connectivity index (χ2n) is 5.04. The molecule has 1 aromatic rings. The highest BCUT2D eigenvalue weighted by Crippen LogP contribution is 2.23. The van der Waals surface area contributed by atoms with E-state index in [1.54, 1.807) is 0 Å². The number of carboxylic acids is 1. The van der Waals surface area contributed by atoms with Gasteiger partial charge < -0.3 is 15.5 Å². The molecule has 1 amide bonds. The number of carbonyl (C=O) groups excluding carboxylic acids is 1. The number of pyridine rings is 1. The van der Waals surface area contributed by atoms with Gasteiger partial charge >= 0.3 is 5.97 Å². The zero-order valence-electron chi connectivity index (χ0n) is 11.1. The van der Waals surface area contributed by atoms with Crippen LogP contribution in [-0.4, -0.2) is 39.7 Å². The molecule has 108 valence electrons. The van der Waals surface area contributed by atoms with E-state index >= 15 is 0 Å². The average molecular weight is 278 g/mol. The minimum atomic E-state index is -1.16. The molecule has 0 bridgehead atoms. The first-order chi connectivity index (χ1) is 9.58. The first-order valence-corrected chi connectivity index (χ1v) is 6.74. The monoisotopic (exact) mass is 278 g/mol. The highest BCUT2D eigenvalue weighted by Gasteiger charge is 2.23. The molecule has 20 heavy (non-hydrogen) atoms. The Hall–Kier alpha value is -1.95. The summed E-state index contributed by atoms with van der Waals surface area (Å²) in [5, 5.41) is 21.4. The summed E-state index contributed by atoms with van der Waals surface area (Å²) < 4.78 is 0. The van der Waals surface area contributed by atoms with Gasteiger partial charge in [0.25, 0.3) is 5.91 Å². The molecule has 2 atom stereocenters. The molecular formula is C14H18N2O4. The molecule has 0 spiro atoms. The molecular weight excluding hydrogens is 260 g/mol. The van der Waals surface area contributed by atoms with Gasteiger partial charge in [0.05, 0.1) is 6.10 Å². The number of hydrogen-bond acceptors (Lipinski definition) is 4. The largest absolute Gasteiger partial charge is 0.477 e. The number of aliphatic hydroxyl groups is 1. The predicted molar refractivity (Wildman–Crippen MR) is 71.5 cm³/mol. The topological polar surface area (TPSA) is 99.5 Å². The van der Waals surface area contributed by atoms with E-state index in [-0.39, 0.29) is 23.4 Å².